The van der Waals surface area contributed by atoms with Crippen LogP contribution in [0.1, 0.15) is 6.92 Å². The van der Waals surface area contributed by atoms with Crippen molar-refractivity contribution in [3.63, 3.8) is 0 Å². The van der Waals surface area contributed by atoms with Gasteiger partial charge in [-0.15, -0.1) is 0 Å². The number of carbonyl (C=O) groups is 1. The molecule has 0 bridgehead atoms. The van der Waals surface area contributed by atoms with E-state index >= 15 is 0 Å². The summed E-state index contributed by atoms with van der Waals surface area (Å²) in [5, 5.41) is 20.2. The van der Waals surface area contributed by atoms with E-state index in [1.165, 1.54) is 12.2 Å². The van der Waals surface area contributed by atoms with Crippen molar-refractivity contribution in [3.8, 4) is 0 Å². The van der Waals surface area contributed by atoms with Crippen molar-refractivity contribution in [2.75, 3.05) is 0 Å². The molecule has 0 spiro atoms. The normalized spacial score (nSPS) is 29.1. The fourth-order valence-electron chi connectivity index (χ4n) is 0.840. The smallest absolute Gasteiger partial charge is 0.361 e. The summed E-state index contributed by atoms with van der Waals surface area (Å²) in [4.78, 5) is 10.4. The summed E-state index contributed by atoms with van der Waals surface area (Å²) < 4.78 is 0. The van der Waals surface area contributed by atoms with Crippen LogP contribution >= 0.6 is 0 Å². The molecule has 0 aromatic heterocycles. The van der Waals surface area contributed by atoms with E-state index in [0.717, 1.165) is 0 Å². The first-order valence-corrected chi connectivity index (χ1v) is 3.15. The van der Waals surface area contributed by atoms with Crippen molar-refractivity contribution in [3.05, 3.63) is 23.9 Å². The monoisotopic (exact) mass is 155 g/mol. The first kappa shape index (κ1) is 7.81. The van der Waals surface area contributed by atoms with Gasteiger partial charge in [0, 0.05) is 5.70 Å². The molecule has 0 aliphatic carbocycles. The minimum atomic E-state index is -1.93. The van der Waals surface area contributed by atoms with Gasteiger partial charge in [-0.05, 0) is 19.1 Å². The molecule has 0 aromatic rings. The summed E-state index contributed by atoms with van der Waals surface area (Å²) in [5.41, 5.74) is -1.31. The lowest BCUT2D eigenvalue weighted by molar-refractivity contribution is -0.155. The Morgan fingerprint density at radius 1 is 1.73 bits per heavy atom. The molecule has 0 saturated carbocycles. The molecule has 60 valence electrons. The van der Waals surface area contributed by atoms with Gasteiger partial charge in [-0.3, -0.25) is 0 Å². The molecule has 0 radical (unpaired) electrons. The van der Waals surface area contributed by atoms with Crippen molar-refractivity contribution in [1.82, 2.24) is 5.32 Å². The van der Waals surface area contributed by atoms with Crippen molar-refractivity contribution in [2.24, 2.45) is 0 Å². The molecule has 4 nitrogen and oxygen atoms in total. The van der Waals surface area contributed by atoms with E-state index in [-0.39, 0.29) is 0 Å². The van der Waals surface area contributed by atoms with Crippen molar-refractivity contribution in [1.29, 1.82) is 0 Å². The maximum Gasteiger partial charge on any atom is 0.361 e. The molecular weight excluding hydrogens is 146 g/mol. The Kier molecular flexibility index (Phi) is 1.70. The van der Waals surface area contributed by atoms with Crippen molar-refractivity contribution < 1.29 is 15.0 Å². The molecule has 0 fully saturated rings. The molecule has 11 heavy (non-hydrogen) atoms. The van der Waals surface area contributed by atoms with Gasteiger partial charge in [0.1, 0.15) is 0 Å². The minimum Gasteiger partial charge on any atom is -0.477 e. The van der Waals surface area contributed by atoms with Crippen LogP contribution in [0, 0.1) is 0 Å². The number of dihydropyridines is 1. The highest BCUT2D eigenvalue weighted by molar-refractivity contribution is 5.80. The van der Waals surface area contributed by atoms with Gasteiger partial charge in [0.25, 0.3) is 5.72 Å². The van der Waals surface area contributed by atoms with Gasteiger partial charge in [0.05, 0.1) is 0 Å². The second-order valence-electron chi connectivity index (χ2n) is 2.41. The molecule has 1 heterocycles. The Balaban J connectivity index is 2.86. The van der Waals surface area contributed by atoms with Crippen LogP contribution in [-0.4, -0.2) is 21.9 Å². The van der Waals surface area contributed by atoms with Gasteiger partial charge in [-0.2, -0.15) is 0 Å². The van der Waals surface area contributed by atoms with E-state index in [1.54, 1.807) is 13.0 Å². The van der Waals surface area contributed by atoms with Crippen LogP contribution in [0.4, 0.5) is 0 Å². The number of allylic oxidation sites excluding steroid dienone is 3. The average molecular weight is 155 g/mol. The number of aliphatic carboxylic acids is 1. The zero-order valence-electron chi connectivity index (χ0n) is 6.03. The molecule has 4 heteroatoms. The number of carboxylic acid groups (broad SMARTS) is 1. The molecule has 0 aromatic carbocycles. The van der Waals surface area contributed by atoms with E-state index in [2.05, 4.69) is 5.32 Å². The highest BCUT2D eigenvalue weighted by atomic mass is 16.4. The molecule has 1 atom stereocenters. The SMILES string of the molecule is CC1=CC=CC(O)(C(=O)O)N1. The minimum absolute atomic E-state index is 0.623. The summed E-state index contributed by atoms with van der Waals surface area (Å²) in [7, 11) is 0. The second-order valence-corrected chi connectivity index (χ2v) is 2.41. The van der Waals surface area contributed by atoms with E-state index in [9.17, 15) is 9.90 Å². The number of hydrogen-bond donors (Lipinski definition) is 3. The second kappa shape index (κ2) is 2.39. The van der Waals surface area contributed by atoms with Crippen LogP contribution in [-0.2, 0) is 4.79 Å². The standard InChI is InChI=1S/C7H9NO3/c1-5-3-2-4-7(11,8-5)6(9)10/h2-4,8,11H,1H3,(H,9,10). The van der Waals surface area contributed by atoms with Gasteiger partial charge < -0.3 is 15.5 Å². The lowest BCUT2D eigenvalue weighted by atomic mass is 10.1. The van der Waals surface area contributed by atoms with Crippen LogP contribution in [0.2, 0.25) is 0 Å². The third kappa shape index (κ3) is 1.40. The van der Waals surface area contributed by atoms with Crippen LogP contribution < -0.4 is 5.32 Å². The van der Waals surface area contributed by atoms with Crippen LogP contribution in [0.15, 0.2) is 23.9 Å². The van der Waals surface area contributed by atoms with Gasteiger partial charge >= 0.3 is 5.97 Å². The highest BCUT2D eigenvalue weighted by Gasteiger charge is 2.33. The lowest BCUT2D eigenvalue weighted by Crippen LogP contribution is -2.50. The Labute approximate surface area is 63.8 Å². The number of rotatable bonds is 1. The van der Waals surface area contributed by atoms with Crippen molar-refractivity contribution in [2.45, 2.75) is 12.6 Å². The maximum atomic E-state index is 10.4. The maximum absolute atomic E-state index is 10.4. The molecule has 1 rings (SSSR count). The molecule has 1 unspecified atom stereocenters. The van der Waals surface area contributed by atoms with Gasteiger partial charge in [0.2, 0.25) is 0 Å². The quantitative estimate of drug-likeness (QED) is 0.491. The van der Waals surface area contributed by atoms with Crippen LogP contribution in [0.3, 0.4) is 0 Å². The topological polar surface area (TPSA) is 69.6 Å². The average Bonchev–Trinajstić information content (AvgIpc) is 1.86. The zero-order valence-corrected chi connectivity index (χ0v) is 6.03. The summed E-state index contributed by atoms with van der Waals surface area (Å²) in [6.07, 6.45) is 4.36. The van der Waals surface area contributed by atoms with Crippen molar-refractivity contribution >= 4 is 5.97 Å². The lowest BCUT2D eigenvalue weighted by Gasteiger charge is -2.24. The predicted molar refractivity (Wildman–Crippen MR) is 38.6 cm³/mol. The predicted octanol–water partition coefficient (Wildman–Crippen LogP) is -0.177. The molecular formula is C7H9NO3. The number of hydrogen-bond acceptors (Lipinski definition) is 3. The van der Waals surface area contributed by atoms with E-state index in [0.29, 0.717) is 5.70 Å². The van der Waals surface area contributed by atoms with Crippen LogP contribution in [0.25, 0.3) is 0 Å². The fourth-order valence-corrected chi connectivity index (χ4v) is 0.840. The Hall–Kier alpha value is -1.29. The van der Waals surface area contributed by atoms with E-state index in [1.807, 2.05) is 0 Å². The van der Waals surface area contributed by atoms with E-state index in [4.69, 9.17) is 5.11 Å². The Bertz CT molecular complexity index is 244. The first-order chi connectivity index (χ1) is 5.04. The third-order valence-electron chi connectivity index (χ3n) is 1.40. The van der Waals surface area contributed by atoms with Gasteiger partial charge in [0.15, 0.2) is 0 Å². The largest absolute Gasteiger partial charge is 0.477 e. The number of carboxylic acids is 1. The number of nitrogens with one attached hydrogen (secondary N) is 1. The Morgan fingerprint density at radius 2 is 2.36 bits per heavy atom. The summed E-state index contributed by atoms with van der Waals surface area (Å²) in [6, 6.07) is 0. The molecule has 1 aliphatic heterocycles. The van der Waals surface area contributed by atoms with E-state index < -0.39 is 11.7 Å². The molecule has 0 saturated heterocycles. The highest BCUT2D eigenvalue weighted by Crippen LogP contribution is 2.10. The summed E-state index contributed by atoms with van der Waals surface area (Å²) in [6.45, 7) is 1.68. The van der Waals surface area contributed by atoms with Gasteiger partial charge in [-0.25, -0.2) is 4.79 Å². The molecule has 1 aliphatic rings. The third-order valence-corrected chi connectivity index (χ3v) is 1.40. The first-order valence-electron chi connectivity index (χ1n) is 3.15. The summed E-state index contributed by atoms with van der Waals surface area (Å²) in [5.74, 6) is -1.30. The van der Waals surface area contributed by atoms with Gasteiger partial charge in [-0.1, -0.05) is 6.08 Å². The fraction of sp³-hybridized carbons (Fsp3) is 0.286. The Morgan fingerprint density at radius 3 is 2.73 bits per heavy atom. The summed E-state index contributed by atoms with van der Waals surface area (Å²) >= 11 is 0. The number of aliphatic hydroxyl groups is 1. The van der Waals surface area contributed by atoms with Crippen LogP contribution in [0.5, 0.6) is 0 Å². The molecule has 3 N–H and O–H groups in total. The zero-order chi connectivity index (χ0) is 8.48. The molecule has 0 amide bonds.